The van der Waals surface area contributed by atoms with Crippen molar-refractivity contribution in [2.45, 2.75) is 25.9 Å². The van der Waals surface area contributed by atoms with Crippen molar-refractivity contribution in [1.82, 2.24) is 4.90 Å². The molecular weight excluding hydrogens is 263 g/mol. The Morgan fingerprint density at radius 1 is 1.35 bits per heavy atom. The number of esters is 1. The molecule has 1 fully saturated rings. The van der Waals surface area contributed by atoms with Gasteiger partial charge in [-0.2, -0.15) is 0 Å². The van der Waals surface area contributed by atoms with Crippen molar-refractivity contribution in [3.05, 3.63) is 29.6 Å². The van der Waals surface area contributed by atoms with Crippen molar-refractivity contribution in [1.29, 1.82) is 0 Å². The Hall–Kier alpha value is -2.11. The van der Waals surface area contributed by atoms with Crippen LogP contribution in [0.5, 0.6) is 0 Å². The molecule has 0 spiro atoms. The Morgan fingerprint density at radius 3 is 2.60 bits per heavy atom. The van der Waals surface area contributed by atoms with Crippen LogP contribution in [0.2, 0.25) is 0 Å². The SMILES string of the molecule is CC(OC(=O)c1ccc(N)c(F)c1)C(=O)N1CCCC1. The highest BCUT2D eigenvalue weighted by molar-refractivity contribution is 5.92. The summed E-state index contributed by atoms with van der Waals surface area (Å²) < 4.78 is 18.3. The molecule has 1 atom stereocenters. The number of anilines is 1. The van der Waals surface area contributed by atoms with Gasteiger partial charge in [-0.05, 0) is 38.0 Å². The zero-order valence-electron chi connectivity index (χ0n) is 11.3. The molecule has 5 nitrogen and oxygen atoms in total. The molecule has 1 aromatic carbocycles. The highest BCUT2D eigenvalue weighted by atomic mass is 19.1. The number of carbonyl (C=O) groups excluding carboxylic acids is 2. The van der Waals surface area contributed by atoms with Gasteiger partial charge in [0.15, 0.2) is 6.10 Å². The van der Waals surface area contributed by atoms with E-state index in [1.807, 2.05) is 0 Å². The van der Waals surface area contributed by atoms with Crippen molar-refractivity contribution in [2.24, 2.45) is 0 Å². The van der Waals surface area contributed by atoms with Gasteiger partial charge < -0.3 is 15.4 Å². The monoisotopic (exact) mass is 280 g/mol. The van der Waals surface area contributed by atoms with Gasteiger partial charge in [0.05, 0.1) is 11.3 Å². The third-order valence-electron chi connectivity index (χ3n) is 3.29. The molecule has 1 aromatic rings. The summed E-state index contributed by atoms with van der Waals surface area (Å²) in [4.78, 5) is 25.5. The van der Waals surface area contributed by atoms with E-state index in [0.717, 1.165) is 18.9 Å². The molecule has 0 saturated carbocycles. The maximum Gasteiger partial charge on any atom is 0.339 e. The summed E-state index contributed by atoms with van der Waals surface area (Å²) in [7, 11) is 0. The maximum absolute atomic E-state index is 13.3. The van der Waals surface area contributed by atoms with Crippen LogP contribution in [0.15, 0.2) is 18.2 Å². The smallest absolute Gasteiger partial charge is 0.339 e. The second-order valence-corrected chi connectivity index (χ2v) is 4.82. The van der Waals surface area contributed by atoms with Gasteiger partial charge in [0.25, 0.3) is 5.91 Å². The number of benzene rings is 1. The molecule has 20 heavy (non-hydrogen) atoms. The molecule has 1 aliphatic heterocycles. The fraction of sp³-hybridized carbons (Fsp3) is 0.429. The summed E-state index contributed by atoms with van der Waals surface area (Å²) in [5, 5.41) is 0. The van der Waals surface area contributed by atoms with Crippen LogP contribution in [0.1, 0.15) is 30.1 Å². The van der Waals surface area contributed by atoms with E-state index >= 15 is 0 Å². The quantitative estimate of drug-likeness (QED) is 0.674. The van der Waals surface area contributed by atoms with Crippen molar-refractivity contribution in [3.8, 4) is 0 Å². The first-order valence-corrected chi connectivity index (χ1v) is 6.54. The minimum absolute atomic E-state index is 0.0391. The maximum atomic E-state index is 13.3. The summed E-state index contributed by atoms with van der Waals surface area (Å²) in [6.07, 6.45) is 1.06. The Balaban J connectivity index is 1.99. The second kappa shape index (κ2) is 5.90. The average molecular weight is 280 g/mol. The zero-order chi connectivity index (χ0) is 14.7. The molecule has 1 heterocycles. The number of hydrogen-bond acceptors (Lipinski definition) is 4. The van der Waals surface area contributed by atoms with Crippen LogP contribution in [0.25, 0.3) is 0 Å². The summed E-state index contributed by atoms with van der Waals surface area (Å²) in [5.41, 5.74) is 5.33. The lowest BCUT2D eigenvalue weighted by Gasteiger charge is -2.20. The highest BCUT2D eigenvalue weighted by Crippen LogP contribution is 2.15. The lowest BCUT2D eigenvalue weighted by atomic mass is 10.2. The first-order valence-electron chi connectivity index (χ1n) is 6.54. The number of rotatable bonds is 3. The van der Waals surface area contributed by atoms with E-state index < -0.39 is 17.9 Å². The number of likely N-dealkylation sites (tertiary alicyclic amines) is 1. The second-order valence-electron chi connectivity index (χ2n) is 4.82. The Labute approximate surface area is 116 Å². The molecule has 0 bridgehead atoms. The minimum atomic E-state index is -0.874. The molecule has 2 N–H and O–H groups in total. The first-order chi connectivity index (χ1) is 9.49. The topological polar surface area (TPSA) is 72.6 Å². The third kappa shape index (κ3) is 3.07. The van der Waals surface area contributed by atoms with Crippen LogP contribution in [0.3, 0.4) is 0 Å². The van der Waals surface area contributed by atoms with Gasteiger partial charge in [-0.15, -0.1) is 0 Å². The van der Waals surface area contributed by atoms with Crippen LogP contribution < -0.4 is 5.73 Å². The van der Waals surface area contributed by atoms with Crippen LogP contribution in [0.4, 0.5) is 10.1 Å². The van der Waals surface area contributed by atoms with Gasteiger partial charge in [-0.25, -0.2) is 9.18 Å². The summed E-state index contributed by atoms with van der Waals surface area (Å²) in [6, 6.07) is 3.66. The predicted octanol–water partition coefficient (Wildman–Crippen LogP) is 1.58. The van der Waals surface area contributed by atoms with Crippen molar-refractivity contribution >= 4 is 17.6 Å². The fourth-order valence-corrected chi connectivity index (χ4v) is 2.13. The van der Waals surface area contributed by atoms with Crippen LogP contribution in [0, 0.1) is 5.82 Å². The van der Waals surface area contributed by atoms with Gasteiger partial charge in [0.2, 0.25) is 0 Å². The van der Waals surface area contributed by atoms with Gasteiger partial charge in [-0.1, -0.05) is 0 Å². The first kappa shape index (κ1) is 14.3. The summed E-state index contributed by atoms with van der Waals surface area (Å²) in [5.74, 6) is -1.63. The highest BCUT2D eigenvalue weighted by Gasteiger charge is 2.26. The normalized spacial score (nSPS) is 16.0. The van der Waals surface area contributed by atoms with Gasteiger partial charge >= 0.3 is 5.97 Å². The average Bonchev–Trinajstić information content (AvgIpc) is 2.94. The van der Waals surface area contributed by atoms with Crippen molar-refractivity contribution in [2.75, 3.05) is 18.8 Å². The van der Waals surface area contributed by atoms with Crippen LogP contribution in [-0.4, -0.2) is 36.0 Å². The Bertz CT molecular complexity index is 527. The predicted molar refractivity (Wildman–Crippen MR) is 71.5 cm³/mol. The van der Waals surface area contributed by atoms with Crippen molar-refractivity contribution in [3.63, 3.8) is 0 Å². The molecule has 1 amide bonds. The fourth-order valence-electron chi connectivity index (χ4n) is 2.13. The zero-order valence-corrected chi connectivity index (χ0v) is 11.3. The molecule has 108 valence electrons. The molecule has 0 aromatic heterocycles. The number of nitrogens with zero attached hydrogens (tertiary/aromatic N) is 1. The Morgan fingerprint density at radius 2 is 2.00 bits per heavy atom. The van der Waals surface area contributed by atoms with Gasteiger partial charge in [0, 0.05) is 13.1 Å². The van der Waals surface area contributed by atoms with Gasteiger partial charge in [-0.3, -0.25) is 4.79 Å². The lowest BCUT2D eigenvalue weighted by Crippen LogP contribution is -2.38. The molecule has 0 radical (unpaired) electrons. The van der Waals surface area contributed by atoms with Crippen LogP contribution >= 0.6 is 0 Å². The number of amides is 1. The molecule has 1 aliphatic rings. The molecule has 0 aliphatic carbocycles. The number of carbonyl (C=O) groups is 2. The van der Waals surface area contributed by atoms with E-state index in [9.17, 15) is 14.0 Å². The summed E-state index contributed by atoms with van der Waals surface area (Å²) >= 11 is 0. The van der Waals surface area contributed by atoms with Crippen molar-refractivity contribution < 1.29 is 18.7 Å². The number of halogens is 1. The van der Waals surface area contributed by atoms with E-state index in [2.05, 4.69) is 0 Å². The molecule has 1 unspecified atom stereocenters. The minimum Gasteiger partial charge on any atom is -0.449 e. The van der Waals surface area contributed by atoms with E-state index in [1.54, 1.807) is 4.90 Å². The molecule has 2 rings (SSSR count). The standard InChI is InChI=1S/C14H17FN2O3/c1-9(13(18)17-6-2-3-7-17)20-14(19)10-4-5-12(16)11(15)8-10/h4-5,8-9H,2-3,6-7,16H2,1H3. The number of hydrogen-bond donors (Lipinski definition) is 1. The number of ether oxygens (including phenoxy) is 1. The van der Waals surface area contributed by atoms with Gasteiger partial charge in [0.1, 0.15) is 5.82 Å². The van der Waals surface area contributed by atoms with E-state index in [4.69, 9.17) is 10.5 Å². The molecule has 6 heteroatoms. The third-order valence-corrected chi connectivity index (χ3v) is 3.29. The van der Waals surface area contributed by atoms with E-state index in [-0.39, 0.29) is 17.2 Å². The molecular formula is C14H17FN2O3. The Kier molecular flexibility index (Phi) is 4.22. The summed E-state index contributed by atoms with van der Waals surface area (Å²) in [6.45, 7) is 2.90. The van der Waals surface area contributed by atoms with E-state index in [1.165, 1.54) is 19.1 Å². The van der Waals surface area contributed by atoms with Crippen LogP contribution in [-0.2, 0) is 9.53 Å². The number of nitrogens with two attached hydrogens (primary N) is 1. The largest absolute Gasteiger partial charge is 0.449 e. The molecule has 1 saturated heterocycles. The number of nitrogen functional groups attached to an aromatic ring is 1. The van der Waals surface area contributed by atoms with E-state index in [0.29, 0.717) is 13.1 Å². The lowest BCUT2D eigenvalue weighted by molar-refractivity contribution is -0.138.